The smallest absolute Gasteiger partial charge is 0.224 e. The normalized spacial score (nSPS) is 13.8. The minimum Gasteiger partial charge on any atom is -0.349 e. The molecule has 20 heavy (non-hydrogen) atoms. The molecule has 106 valence electrons. The molecule has 2 aromatic rings. The van der Waals surface area contributed by atoms with Gasteiger partial charge in [0.1, 0.15) is 12.7 Å². The number of hydrogen-bond donors (Lipinski definition) is 2. The van der Waals surface area contributed by atoms with Gasteiger partial charge in [0.05, 0.1) is 11.7 Å². The monoisotopic (exact) mass is 273 g/mol. The first kappa shape index (κ1) is 14.2. The van der Waals surface area contributed by atoms with E-state index in [1.165, 1.54) is 6.33 Å². The predicted molar refractivity (Wildman–Crippen MR) is 76.1 cm³/mol. The van der Waals surface area contributed by atoms with E-state index in [1.807, 2.05) is 38.1 Å². The van der Waals surface area contributed by atoms with Crippen LogP contribution in [0, 0.1) is 5.92 Å². The average Bonchev–Trinajstić information content (AvgIpc) is 3.00. The first-order chi connectivity index (χ1) is 9.61. The number of hydrogen-bond acceptors (Lipinski definition) is 4. The van der Waals surface area contributed by atoms with Crippen LogP contribution in [0.2, 0.25) is 0 Å². The zero-order valence-electron chi connectivity index (χ0n) is 11.7. The fourth-order valence-corrected chi connectivity index (χ4v) is 1.80. The van der Waals surface area contributed by atoms with Gasteiger partial charge in [-0.25, -0.2) is 9.67 Å². The van der Waals surface area contributed by atoms with Crippen LogP contribution in [0.3, 0.4) is 0 Å². The molecule has 1 amide bonds. The molecule has 1 aromatic carbocycles. The summed E-state index contributed by atoms with van der Waals surface area (Å²) >= 11 is 0. The van der Waals surface area contributed by atoms with Crippen molar-refractivity contribution in [3.8, 4) is 5.69 Å². The number of carbonyl (C=O) groups is 1. The standard InChI is InChI=1S/C14H19N5O/c1-10(7-15)14(20)18-11(2)12-3-5-13(6-4-12)19-9-16-8-17-19/h3-6,8-11H,7,15H2,1-2H3,(H,18,20). The maximum atomic E-state index is 11.8. The Labute approximate surface area is 118 Å². The SMILES string of the molecule is CC(CN)C(=O)NC(C)c1ccc(-n2cncn2)cc1. The van der Waals surface area contributed by atoms with Crippen molar-refractivity contribution in [1.82, 2.24) is 20.1 Å². The van der Waals surface area contributed by atoms with E-state index < -0.39 is 0 Å². The van der Waals surface area contributed by atoms with E-state index in [2.05, 4.69) is 15.4 Å². The number of nitrogens with two attached hydrogens (primary N) is 1. The van der Waals surface area contributed by atoms with Crippen molar-refractivity contribution in [3.63, 3.8) is 0 Å². The summed E-state index contributed by atoms with van der Waals surface area (Å²) < 4.78 is 1.68. The van der Waals surface area contributed by atoms with Crippen molar-refractivity contribution in [1.29, 1.82) is 0 Å². The van der Waals surface area contributed by atoms with Gasteiger partial charge >= 0.3 is 0 Å². The van der Waals surface area contributed by atoms with Crippen LogP contribution in [0.1, 0.15) is 25.5 Å². The van der Waals surface area contributed by atoms with Gasteiger partial charge in [-0.3, -0.25) is 4.79 Å². The Morgan fingerprint density at radius 2 is 2.05 bits per heavy atom. The predicted octanol–water partition coefficient (Wildman–Crippen LogP) is 1.04. The molecule has 0 saturated heterocycles. The van der Waals surface area contributed by atoms with Gasteiger partial charge in [0.15, 0.2) is 0 Å². The molecule has 1 aromatic heterocycles. The average molecular weight is 273 g/mol. The number of rotatable bonds is 5. The van der Waals surface area contributed by atoms with Crippen LogP contribution in [0.4, 0.5) is 0 Å². The van der Waals surface area contributed by atoms with Crippen LogP contribution in [0.5, 0.6) is 0 Å². The van der Waals surface area contributed by atoms with Crippen molar-refractivity contribution in [2.24, 2.45) is 11.7 Å². The van der Waals surface area contributed by atoms with Crippen molar-refractivity contribution in [3.05, 3.63) is 42.5 Å². The molecule has 0 fully saturated rings. The molecule has 0 bridgehead atoms. The van der Waals surface area contributed by atoms with Gasteiger partial charge in [-0.15, -0.1) is 0 Å². The molecule has 3 N–H and O–H groups in total. The molecule has 1 heterocycles. The highest BCUT2D eigenvalue weighted by Gasteiger charge is 2.14. The maximum absolute atomic E-state index is 11.8. The van der Waals surface area contributed by atoms with Crippen LogP contribution in [-0.2, 0) is 4.79 Å². The van der Waals surface area contributed by atoms with Gasteiger partial charge in [0, 0.05) is 12.5 Å². The largest absolute Gasteiger partial charge is 0.349 e. The number of carbonyl (C=O) groups excluding carboxylic acids is 1. The number of nitrogens with one attached hydrogen (secondary N) is 1. The third-order valence-corrected chi connectivity index (χ3v) is 3.24. The fourth-order valence-electron chi connectivity index (χ4n) is 1.80. The molecule has 0 aliphatic rings. The molecular weight excluding hydrogens is 254 g/mol. The van der Waals surface area contributed by atoms with Crippen molar-refractivity contribution >= 4 is 5.91 Å². The minimum absolute atomic E-state index is 0.0275. The van der Waals surface area contributed by atoms with Gasteiger partial charge in [-0.2, -0.15) is 5.10 Å². The van der Waals surface area contributed by atoms with Gasteiger partial charge in [-0.1, -0.05) is 19.1 Å². The number of nitrogens with zero attached hydrogens (tertiary/aromatic N) is 3. The van der Waals surface area contributed by atoms with Crippen LogP contribution in [-0.4, -0.2) is 27.2 Å². The molecule has 0 aliphatic heterocycles. The lowest BCUT2D eigenvalue weighted by atomic mass is 10.1. The van der Waals surface area contributed by atoms with Crippen molar-refractivity contribution in [2.45, 2.75) is 19.9 Å². The van der Waals surface area contributed by atoms with E-state index in [-0.39, 0.29) is 17.9 Å². The highest BCUT2D eigenvalue weighted by atomic mass is 16.1. The van der Waals surface area contributed by atoms with Gasteiger partial charge < -0.3 is 11.1 Å². The van der Waals surface area contributed by atoms with Gasteiger partial charge in [0.2, 0.25) is 5.91 Å². The Kier molecular flexibility index (Phi) is 4.47. The summed E-state index contributed by atoms with van der Waals surface area (Å²) in [4.78, 5) is 15.7. The Bertz CT molecular complexity index is 549. The number of benzene rings is 1. The molecule has 2 atom stereocenters. The van der Waals surface area contributed by atoms with E-state index in [0.717, 1.165) is 11.3 Å². The second-order valence-electron chi connectivity index (χ2n) is 4.80. The van der Waals surface area contributed by atoms with Crippen molar-refractivity contribution in [2.75, 3.05) is 6.54 Å². The Morgan fingerprint density at radius 1 is 1.35 bits per heavy atom. The lowest BCUT2D eigenvalue weighted by Gasteiger charge is -2.17. The summed E-state index contributed by atoms with van der Waals surface area (Å²) in [7, 11) is 0. The second kappa shape index (κ2) is 6.29. The molecule has 0 spiro atoms. The van der Waals surface area contributed by atoms with Crippen LogP contribution >= 0.6 is 0 Å². The highest BCUT2D eigenvalue weighted by molar-refractivity contribution is 5.78. The van der Waals surface area contributed by atoms with Crippen LogP contribution in [0.15, 0.2) is 36.9 Å². The first-order valence-electron chi connectivity index (χ1n) is 6.57. The Balaban J connectivity index is 2.04. The van der Waals surface area contributed by atoms with Crippen molar-refractivity contribution < 1.29 is 4.79 Å². The maximum Gasteiger partial charge on any atom is 0.224 e. The lowest BCUT2D eigenvalue weighted by molar-refractivity contribution is -0.124. The van der Waals surface area contributed by atoms with Crippen LogP contribution < -0.4 is 11.1 Å². The topological polar surface area (TPSA) is 85.8 Å². The van der Waals surface area contributed by atoms with Crippen LogP contribution in [0.25, 0.3) is 5.69 Å². The molecule has 2 unspecified atom stereocenters. The number of amides is 1. The van der Waals surface area contributed by atoms with E-state index in [9.17, 15) is 4.79 Å². The third-order valence-electron chi connectivity index (χ3n) is 3.24. The molecule has 0 aliphatic carbocycles. The summed E-state index contributed by atoms with van der Waals surface area (Å²) in [5.74, 6) is -0.202. The molecule has 0 saturated carbocycles. The zero-order valence-corrected chi connectivity index (χ0v) is 11.7. The van der Waals surface area contributed by atoms with Gasteiger partial charge in [0.25, 0.3) is 0 Å². The van der Waals surface area contributed by atoms with E-state index in [4.69, 9.17) is 5.73 Å². The van der Waals surface area contributed by atoms with E-state index >= 15 is 0 Å². The van der Waals surface area contributed by atoms with Gasteiger partial charge in [-0.05, 0) is 24.6 Å². The summed E-state index contributed by atoms with van der Waals surface area (Å²) in [5.41, 5.74) is 7.45. The lowest BCUT2D eigenvalue weighted by Crippen LogP contribution is -2.34. The summed E-state index contributed by atoms with van der Waals surface area (Å²) in [6, 6.07) is 7.77. The molecule has 6 heteroatoms. The summed E-state index contributed by atoms with van der Waals surface area (Å²) in [6.07, 6.45) is 3.13. The summed E-state index contributed by atoms with van der Waals surface area (Å²) in [6.45, 7) is 4.12. The second-order valence-corrected chi connectivity index (χ2v) is 4.80. The Hall–Kier alpha value is -2.21. The highest BCUT2D eigenvalue weighted by Crippen LogP contribution is 2.15. The molecule has 2 rings (SSSR count). The summed E-state index contributed by atoms with van der Waals surface area (Å²) in [5, 5.41) is 7.01. The minimum atomic E-state index is -0.174. The molecule has 6 nitrogen and oxygen atoms in total. The third kappa shape index (κ3) is 3.21. The van der Waals surface area contributed by atoms with E-state index in [1.54, 1.807) is 11.0 Å². The fraction of sp³-hybridized carbons (Fsp3) is 0.357. The molecule has 0 radical (unpaired) electrons. The molecular formula is C14H19N5O. The van der Waals surface area contributed by atoms with E-state index in [0.29, 0.717) is 6.54 Å². The quantitative estimate of drug-likeness (QED) is 0.852. The first-order valence-corrected chi connectivity index (χ1v) is 6.57. The number of aromatic nitrogens is 3. The Morgan fingerprint density at radius 3 is 2.60 bits per heavy atom. The zero-order chi connectivity index (χ0) is 14.5.